The minimum atomic E-state index is -1.65. The lowest BCUT2D eigenvalue weighted by molar-refractivity contribution is 0.580. The van der Waals surface area contributed by atoms with Crippen molar-refractivity contribution in [2.75, 3.05) is 0 Å². The number of fused-ring (bicyclic) bond motifs is 1. The van der Waals surface area contributed by atoms with E-state index in [9.17, 15) is 0 Å². The molecule has 1 heterocycles. The third kappa shape index (κ3) is 2.05. The summed E-state index contributed by atoms with van der Waals surface area (Å²) in [6.07, 6.45) is 0. The molecule has 0 aliphatic rings. The molecule has 110 valence electrons. The molecule has 0 atom stereocenters. The summed E-state index contributed by atoms with van der Waals surface area (Å²) in [6, 6.07) is 8.56. The van der Waals surface area contributed by atoms with Crippen LogP contribution in [0, 0.1) is 6.92 Å². The van der Waals surface area contributed by atoms with Gasteiger partial charge in [-0.3, -0.25) is 0 Å². The van der Waals surface area contributed by atoms with Crippen molar-refractivity contribution < 1.29 is 4.42 Å². The molecule has 1 aromatic heterocycles. The molecule has 0 unspecified atom stereocenters. The second-order valence-electron chi connectivity index (χ2n) is 6.93. The Labute approximate surface area is 124 Å². The van der Waals surface area contributed by atoms with Crippen molar-refractivity contribution in [2.45, 2.75) is 65.1 Å². The first-order valence-electron chi connectivity index (χ1n) is 7.82. The number of benzene rings is 1. The zero-order valence-corrected chi connectivity index (χ0v) is 14.9. The Kier molecular flexibility index (Phi) is 4.15. The van der Waals surface area contributed by atoms with Crippen LogP contribution in [0.2, 0.25) is 16.6 Å². The second kappa shape index (κ2) is 5.40. The van der Waals surface area contributed by atoms with Gasteiger partial charge < -0.3 is 4.42 Å². The maximum Gasteiger partial charge on any atom is 0.134 e. The Bertz CT molecular complexity index is 571. The lowest BCUT2D eigenvalue weighted by Gasteiger charge is -2.43. The van der Waals surface area contributed by atoms with Crippen molar-refractivity contribution in [3.8, 4) is 0 Å². The lowest BCUT2D eigenvalue weighted by atomic mass is 10.2. The minimum absolute atomic E-state index is 0.710. The smallest absolute Gasteiger partial charge is 0.134 e. The zero-order valence-electron chi connectivity index (χ0n) is 13.9. The first-order chi connectivity index (χ1) is 9.33. The van der Waals surface area contributed by atoms with Gasteiger partial charge in [-0.2, -0.15) is 0 Å². The van der Waals surface area contributed by atoms with Crippen LogP contribution >= 0.6 is 0 Å². The Hall–Kier alpha value is -1.02. The van der Waals surface area contributed by atoms with Crippen molar-refractivity contribution in [1.29, 1.82) is 0 Å². The molecule has 0 bridgehead atoms. The molecule has 0 spiro atoms. The van der Waals surface area contributed by atoms with Gasteiger partial charge in [0.05, 0.1) is 8.07 Å². The molecule has 2 heteroatoms. The number of aryl methyl sites for hydroxylation is 1. The van der Waals surface area contributed by atoms with E-state index in [1.54, 1.807) is 5.19 Å². The summed E-state index contributed by atoms with van der Waals surface area (Å²) in [5.41, 5.74) is 3.19. The number of furan rings is 1. The summed E-state index contributed by atoms with van der Waals surface area (Å²) < 4.78 is 6.09. The minimum Gasteiger partial charge on any atom is -0.462 e. The summed E-state index contributed by atoms with van der Waals surface area (Å²) in [4.78, 5) is 0. The standard InChI is InChI=1S/C18H28OSi/c1-12(2)20(13(3)4,14(5)6)18-15(7)19-17-11-9-8-10-16(17)18/h8-14H,1-7H3. The molecule has 0 saturated heterocycles. The highest BCUT2D eigenvalue weighted by Gasteiger charge is 2.47. The summed E-state index contributed by atoms with van der Waals surface area (Å²) in [5.74, 6) is 1.15. The lowest BCUT2D eigenvalue weighted by Crippen LogP contribution is -2.56. The molecule has 0 amide bonds. The molecule has 1 nitrogen and oxygen atoms in total. The van der Waals surface area contributed by atoms with Crippen LogP contribution in [-0.2, 0) is 0 Å². The van der Waals surface area contributed by atoms with Gasteiger partial charge in [-0.1, -0.05) is 59.7 Å². The van der Waals surface area contributed by atoms with E-state index in [2.05, 4.69) is 72.7 Å². The van der Waals surface area contributed by atoms with E-state index >= 15 is 0 Å². The topological polar surface area (TPSA) is 13.1 Å². The van der Waals surface area contributed by atoms with Crippen LogP contribution in [0.1, 0.15) is 47.3 Å². The van der Waals surface area contributed by atoms with Gasteiger partial charge in [0.2, 0.25) is 0 Å². The number of para-hydroxylation sites is 1. The summed E-state index contributed by atoms with van der Waals surface area (Å²) in [6.45, 7) is 16.6. The maximum absolute atomic E-state index is 6.09. The first kappa shape index (κ1) is 15.4. The Balaban J connectivity index is 2.85. The van der Waals surface area contributed by atoms with Gasteiger partial charge >= 0.3 is 0 Å². The quantitative estimate of drug-likeness (QED) is 0.665. The molecular formula is C18H28OSi. The van der Waals surface area contributed by atoms with Crippen molar-refractivity contribution in [3.63, 3.8) is 0 Å². The average molecular weight is 289 g/mol. The summed E-state index contributed by atoms with van der Waals surface area (Å²) in [5, 5.41) is 2.92. The monoisotopic (exact) mass is 288 g/mol. The van der Waals surface area contributed by atoms with Gasteiger partial charge in [0.25, 0.3) is 0 Å². The van der Waals surface area contributed by atoms with Crippen molar-refractivity contribution in [2.24, 2.45) is 0 Å². The number of hydrogen-bond acceptors (Lipinski definition) is 1. The number of hydrogen-bond donors (Lipinski definition) is 0. The molecule has 2 rings (SSSR count). The molecular weight excluding hydrogens is 260 g/mol. The fourth-order valence-electron chi connectivity index (χ4n) is 4.57. The predicted octanol–water partition coefficient (Wildman–Crippen LogP) is 5.63. The molecule has 0 aliphatic heterocycles. The van der Waals surface area contributed by atoms with Crippen LogP contribution < -0.4 is 5.19 Å². The molecule has 0 saturated carbocycles. The van der Waals surface area contributed by atoms with Crippen LogP contribution in [0.15, 0.2) is 28.7 Å². The van der Waals surface area contributed by atoms with Gasteiger partial charge in [-0.05, 0) is 34.8 Å². The van der Waals surface area contributed by atoms with Crippen LogP contribution in [0.5, 0.6) is 0 Å². The molecule has 2 aromatic rings. The fourth-order valence-corrected chi connectivity index (χ4v) is 11.6. The van der Waals surface area contributed by atoms with Gasteiger partial charge in [0.1, 0.15) is 11.3 Å². The SMILES string of the molecule is Cc1oc2ccccc2c1[Si](C(C)C)(C(C)C)C(C)C. The summed E-state index contributed by atoms with van der Waals surface area (Å²) >= 11 is 0. The summed E-state index contributed by atoms with van der Waals surface area (Å²) in [7, 11) is -1.65. The van der Waals surface area contributed by atoms with E-state index in [4.69, 9.17) is 4.42 Å². The molecule has 20 heavy (non-hydrogen) atoms. The highest BCUT2D eigenvalue weighted by Crippen LogP contribution is 2.43. The van der Waals surface area contributed by atoms with E-state index in [0.717, 1.165) is 11.3 Å². The molecule has 1 aromatic carbocycles. The second-order valence-corrected chi connectivity index (χ2v) is 12.8. The Morgan fingerprint density at radius 2 is 1.35 bits per heavy atom. The third-order valence-corrected chi connectivity index (χ3v) is 12.3. The largest absolute Gasteiger partial charge is 0.462 e. The normalized spacial score (nSPS) is 13.1. The average Bonchev–Trinajstić information content (AvgIpc) is 2.66. The van der Waals surface area contributed by atoms with Crippen molar-refractivity contribution >= 4 is 24.2 Å². The van der Waals surface area contributed by atoms with E-state index in [0.29, 0.717) is 16.6 Å². The highest BCUT2D eigenvalue weighted by atomic mass is 28.3. The zero-order chi connectivity index (χ0) is 15.1. The first-order valence-corrected chi connectivity index (χ1v) is 10.0. The van der Waals surface area contributed by atoms with Crippen LogP contribution in [0.25, 0.3) is 11.0 Å². The predicted molar refractivity (Wildman–Crippen MR) is 91.6 cm³/mol. The van der Waals surface area contributed by atoms with E-state index in [1.807, 2.05) is 0 Å². The van der Waals surface area contributed by atoms with E-state index in [-0.39, 0.29) is 0 Å². The van der Waals surface area contributed by atoms with Crippen LogP contribution in [0.3, 0.4) is 0 Å². The molecule has 0 N–H and O–H groups in total. The van der Waals surface area contributed by atoms with Crippen LogP contribution in [-0.4, -0.2) is 8.07 Å². The van der Waals surface area contributed by atoms with Gasteiger partial charge in [-0.15, -0.1) is 0 Å². The molecule has 0 aliphatic carbocycles. The fraction of sp³-hybridized carbons (Fsp3) is 0.556. The van der Waals surface area contributed by atoms with E-state index < -0.39 is 8.07 Å². The van der Waals surface area contributed by atoms with Crippen LogP contribution in [0.4, 0.5) is 0 Å². The van der Waals surface area contributed by atoms with Gasteiger partial charge in [-0.25, -0.2) is 0 Å². The molecule has 0 radical (unpaired) electrons. The van der Waals surface area contributed by atoms with Gasteiger partial charge in [0, 0.05) is 5.39 Å². The number of rotatable bonds is 4. The third-order valence-electron chi connectivity index (χ3n) is 5.07. The Morgan fingerprint density at radius 1 is 0.850 bits per heavy atom. The van der Waals surface area contributed by atoms with Gasteiger partial charge in [0.15, 0.2) is 0 Å². The maximum atomic E-state index is 6.09. The highest BCUT2D eigenvalue weighted by molar-refractivity contribution is 6.96. The van der Waals surface area contributed by atoms with E-state index in [1.165, 1.54) is 5.39 Å². The molecule has 0 fully saturated rings. The van der Waals surface area contributed by atoms with Crippen molar-refractivity contribution in [1.82, 2.24) is 0 Å². The van der Waals surface area contributed by atoms with Crippen molar-refractivity contribution in [3.05, 3.63) is 30.0 Å². The Morgan fingerprint density at radius 3 is 1.85 bits per heavy atom.